The van der Waals surface area contributed by atoms with E-state index in [1.54, 1.807) is 0 Å². The molecule has 0 aromatic heterocycles. The van der Waals surface area contributed by atoms with Gasteiger partial charge < -0.3 is 14.8 Å². The van der Waals surface area contributed by atoms with Crippen molar-refractivity contribution in [3.05, 3.63) is 24.3 Å². The van der Waals surface area contributed by atoms with Crippen molar-refractivity contribution in [2.24, 2.45) is 0 Å². The van der Waals surface area contributed by atoms with Crippen LogP contribution >= 0.6 is 0 Å². The van der Waals surface area contributed by atoms with Gasteiger partial charge >= 0.3 is 0 Å². The standard InChI is InChI=1S/C15H24N2O2/c1-3-17(13-11-16-12-13)9-10-19-15-8-6-5-7-14(15)18-4-2/h5-8,13,16H,3-4,9-12H2,1-2H3. The van der Waals surface area contributed by atoms with Crippen LogP contribution in [0.2, 0.25) is 0 Å². The Morgan fingerprint density at radius 1 is 1.16 bits per heavy atom. The number of para-hydroxylation sites is 2. The lowest BCUT2D eigenvalue weighted by Crippen LogP contribution is -2.57. The molecular formula is C15H24N2O2. The summed E-state index contributed by atoms with van der Waals surface area (Å²) in [5, 5.41) is 3.31. The molecule has 1 aromatic carbocycles. The summed E-state index contributed by atoms with van der Waals surface area (Å²) in [6.45, 7) is 9.79. The van der Waals surface area contributed by atoms with Gasteiger partial charge in [-0.1, -0.05) is 19.1 Å². The van der Waals surface area contributed by atoms with Crippen LogP contribution < -0.4 is 14.8 Å². The van der Waals surface area contributed by atoms with Crippen molar-refractivity contribution in [1.82, 2.24) is 10.2 Å². The SMILES string of the molecule is CCOc1ccccc1OCCN(CC)C1CNC1. The van der Waals surface area contributed by atoms with Gasteiger partial charge in [0, 0.05) is 25.7 Å². The highest BCUT2D eigenvalue weighted by Gasteiger charge is 2.22. The molecule has 0 radical (unpaired) electrons. The normalized spacial score (nSPS) is 15.3. The van der Waals surface area contributed by atoms with E-state index in [-0.39, 0.29) is 0 Å². The third kappa shape index (κ3) is 3.85. The second-order valence-electron chi connectivity index (χ2n) is 4.67. The van der Waals surface area contributed by atoms with Crippen LogP contribution in [0.1, 0.15) is 13.8 Å². The Morgan fingerprint density at radius 3 is 2.37 bits per heavy atom. The molecule has 0 spiro atoms. The van der Waals surface area contributed by atoms with Crippen molar-refractivity contribution in [1.29, 1.82) is 0 Å². The molecule has 1 aromatic rings. The molecule has 0 saturated carbocycles. The summed E-state index contributed by atoms with van der Waals surface area (Å²) in [6.07, 6.45) is 0. The maximum Gasteiger partial charge on any atom is 0.161 e. The van der Waals surface area contributed by atoms with Crippen LogP contribution in [0.5, 0.6) is 11.5 Å². The first kappa shape index (κ1) is 14.2. The fourth-order valence-corrected chi connectivity index (χ4v) is 2.25. The Bertz CT molecular complexity index is 380. The maximum atomic E-state index is 5.85. The van der Waals surface area contributed by atoms with Gasteiger partial charge in [0.15, 0.2) is 11.5 Å². The zero-order valence-corrected chi connectivity index (χ0v) is 11.9. The number of likely N-dealkylation sites (N-methyl/N-ethyl adjacent to an activating group) is 1. The molecule has 0 aliphatic carbocycles. The third-order valence-electron chi connectivity index (χ3n) is 3.47. The van der Waals surface area contributed by atoms with Gasteiger partial charge in [0.2, 0.25) is 0 Å². The molecule has 2 rings (SSSR count). The summed E-state index contributed by atoms with van der Waals surface area (Å²) in [6, 6.07) is 8.54. The minimum absolute atomic E-state index is 0.662. The maximum absolute atomic E-state index is 5.85. The molecule has 106 valence electrons. The number of rotatable bonds is 8. The van der Waals surface area contributed by atoms with Crippen LogP contribution in [0.15, 0.2) is 24.3 Å². The lowest BCUT2D eigenvalue weighted by molar-refractivity contribution is 0.127. The molecule has 0 atom stereocenters. The van der Waals surface area contributed by atoms with Crippen molar-refractivity contribution < 1.29 is 9.47 Å². The summed E-state index contributed by atoms with van der Waals surface area (Å²) in [5.74, 6) is 1.67. The third-order valence-corrected chi connectivity index (χ3v) is 3.47. The fourth-order valence-electron chi connectivity index (χ4n) is 2.25. The van der Waals surface area contributed by atoms with E-state index in [1.807, 2.05) is 31.2 Å². The van der Waals surface area contributed by atoms with Crippen LogP contribution in [-0.4, -0.2) is 50.3 Å². The number of ether oxygens (including phenoxy) is 2. The van der Waals surface area contributed by atoms with Gasteiger partial charge in [-0.25, -0.2) is 0 Å². The predicted octanol–water partition coefficient (Wildman–Crippen LogP) is 1.76. The van der Waals surface area contributed by atoms with Crippen LogP contribution in [-0.2, 0) is 0 Å². The highest BCUT2D eigenvalue weighted by atomic mass is 16.5. The van der Waals surface area contributed by atoms with Crippen molar-refractivity contribution in [3.8, 4) is 11.5 Å². The van der Waals surface area contributed by atoms with E-state index >= 15 is 0 Å². The van der Waals surface area contributed by atoms with E-state index in [2.05, 4.69) is 17.1 Å². The van der Waals surface area contributed by atoms with E-state index in [1.165, 1.54) is 0 Å². The van der Waals surface area contributed by atoms with E-state index in [9.17, 15) is 0 Å². The summed E-state index contributed by atoms with van der Waals surface area (Å²) >= 11 is 0. The Kier molecular flexibility index (Phi) is 5.48. The Labute approximate surface area is 115 Å². The smallest absolute Gasteiger partial charge is 0.161 e. The second kappa shape index (κ2) is 7.36. The molecule has 1 aliphatic rings. The summed E-state index contributed by atoms with van der Waals surface area (Å²) in [7, 11) is 0. The first-order valence-electron chi connectivity index (χ1n) is 7.14. The van der Waals surface area contributed by atoms with E-state index < -0.39 is 0 Å². The average Bonchev–Trinajstić information content (AvgIpc) is 2.37. The zero-order chi connectivity index (χ0) is 13.5. The van der Waals surface area contributed by atoms with Gasteiger partial charge in [0.1, 0.15) is 6.61 Å². The quantitative estimate of drug-likeness (QED) is 0.776. The zero-order valence-electron chi connectivity index (χ0n) is 11.9. The van der Waals surface area contributed by atoms with Crippen LogP contribution in [0.3, 0.4) is 0 Å². The van der Waals surface area contributed by atoms with E-state index in [0.29, 0.717) is 19.3 Å². The van der Waals surface area contributed by atoms with Crippen LogP contribution in [0, 0.1) is 0 Å². The average molecular weight is 264 g/mol. The topological polar surface area (TPSA) is 33.7 Å². The lowest BCUT2D eigenvalue weighted by Gasteiger charge is -2.37. The Morgan fingerprint density at radius 2 is 1.84 bits per heavy atom. The minimum atomic E-state index is 0.662. The summed E-state index contributed by atoms with van der Waals surface area (Å²) < 4.78 is 11.4. The Balaban J connectivity index is 1.81. The molecule has 1 heterocycles. The number of nitrogens with zero attached hydrogens (tertiary/aromatic N) is 1. The van der Waals surface area contributed by atoms with Crippen LogP contribution in [0.4, 0.5) is 0 Å². The van der Waals surface area contributed by atoms with Gasteiger partial charge in [-0.2, -0.15) is 0 Å². The largest absolute Gasteiger partial charge is 0.490 e. The molecule has 1 N–H and O–H groups in total. The highest BCUT2D eigenvalue weighted by Crippen LogP contribution is 2.26. The van der Waals surface area contributed by atoms with E-state index in [4.69, 9.17) is 9.47 Å². The van der Waals surface area contributed by atoms with Crippen molar-refractivity contribution >= 4 is 0 Å². The minimum Gasteiger partial charge on any atom is -0.490 e. The van der Waals surface area contributed by atoms with Gasteiger partial charge in [-0.05, 0) is 25.6 Å². The number of nitrogens with one attached hydrogen (secondary N) is 1. The Hall–Kier alpha value is -1.26. The number of hydrogen-bond acceptors (Lipinski definition) is 4. The molecule has 19 heavy (non-hydrogen) atoms. The van der Waals surface area contributed by atoms with Crippen LogP contribution in [0.25, 0.3) is 0 Å². The molecule has 0 amide bonds. The van der Waals surface area contributed by atoms with Gasteiger partial charge in [-0.15, -0.1) is 0 Å². The predicted molar refractivity (Wildman–Crippen MR) is 77.0 cm³/mol. The van der Waals surface area contributed by atoms with E-state index in [0.717, 1.165) is 37.7 Å². The first-order chi connectivity index (χ1) is 9.35. The molecule has 1 saturated heterocycles. The van der Waals surface area contributed by atoms with Crippen molar-refractivity contribution in [2.75, 3.05) is 39.4 Å². The van der Waals surface area contributed by atoms with Gasteiger partial charge in [-0.3, -0.25) is 4.90 Å². The van der Waals surface area contributed by atoms with Crippen molar-refractivity contribution in [3.63, 3.8) is 0 Å². The second-order valence-corrected chi connectivity index (χ2v) is 4.67. The number of benzene rings is 1. The van der Waals surface area contributed by atoms with Crippen molar-refractivity contribution in [2.45, 2.75) is 19.9 Å². The first-order valence-corrected chi connectivity index (χ1v) is 7.14. The molecular weight excluding hydrogens is 240 g/mol. The molecule has 1 fully saturated rings. The summed E-state index contributed by atoms with van der Waals surface area (Å²) in [5.41, 5.74) is 0. The molecule has 0 bridgehead atoms. The molecule has 0 unspecified atom stereocenters. The molecule has 4 heteroatoms. The summed E-state index contributed by atoms with van der Waals surface area (Å²) in [4.78, 5) is 2.46. The van der Waals surface area contributed by atoms with Gasteiger partial charge in [0.25, 0.3) is 0 Å². The lowest BCUT2D eigenvalue weighted by atomic mass is 10.1. The monoisotopic (exact) mass is 264 g/mol. The van der Waals surface area contributed by atoms with Gasteiger partial charge in [0.05, 0.1) is 6.61 Å². The molecule has 1 aliphatic heterocycles. The fraction of sp³-hybridized carbons (Fsp3) is 0.600. The number of hydrogen-bond donors (Lipinski definition) is 1. The molecule has 4 nitrogen and oxygen atoms in total. The highest BCUT2D eigenvalue weighted by molar-refractivity contribution is 5.39.